The highest BCUT2D eigenvalue weighted by Gasteiger charge is 2.18. The first kappa shape index (κ1) is 25.0. The van der Waals surface area contributed by atoms with Crippen LogP contribution in [0.1, 0.15) is 22.3 Å². The van der Waals surface area contributed by atoms with Crippen molar-refractivity contribution in [2.45, 2.75) is 26.4 Å². The molecule has 0 bridgehead atoms. The Morgan fingerprint density at radius 1 is 1.03 bits per heavy atom. The highest BCUT2D eigenvalue weighted by atomic mass is 35.5. The third kappa shape index (κ3) is 5.15. The minimum atomic E-state index is -0.623. The number of fused-ring (bicyclic) bond motifs is 1. The van der Waals surface area contributed by atoms with Crippen molar-refractivity contribution in [1.29, 1.82) is 0 Å². The molecule has 1 aromatic heterocycles. The minimum absolute atomic E-state index is 0. The van der Waals surface area contributed by atoms with Crippen molar-refractivity contribution in [3.8, 4) is 17.2 Å². The van der Waals surface area contributed by atoms with Crippen LogP contribution >= 0.6 is 0 Å². The first-order valence-electron chi connectivity index (χ1n) is 9.65. The van der Waals surface area contributed by atoms with E-state index in [9.17, 15) is 14.7 Å². The Balaban J connectivity index is 0.00000363. The van der Waals surface area contributed by atoms with Gasteiger partial charge in [-0.15, -0.1) is 0 Å². The molecule has 0 aliphatic heterocycles. The van der Waals surface area contributed by atoms with E-state index in [1.54, 1.807) is 33.3 Å². The van der Waals surface area contributed by atoms with E-state index in [1.807, 2.05) is 18.2 Å². The number of carbonyl (C=O) groups is 1. The topological polar surface area (TPSA) is 107 Å². The molecule has 0 amide bonds. The largest absolute Gasteiger partial charge is 1.00 e. The van der Waals surface area contributed by atoms with Gasteiger partial charge in [0.15, 0.2) is 11.5 Å². The molecule has 0 saturated carbocycles. The fourth-order valence-corrected chi connectivity index (χ4v) is 3.41. The number of hydrogen-bond donors (Lipinski definition) is 2. The molecule has 0 aliphatic rings. The lowest BCUT2D eigenvalue weighted by Gasteiger charge is -2.13. The van der Waals surface area contributed by atoms with Crippen molar-refractivity contribution in [2.75, 3.05) is 21.3 Å². The number of phenols is 1. The van der Waals surface area contributed by atoms with Gasteiger partial charge >= 0.3 is 11.6 Å². The molecule has 2 N–H and O–H groups in total. The van der Waals surface area contributed by atoms with Crippen molar-refractivity contribution < 1.29 is 40.9 Å². The highest BCUT2D eigenvalue weighted by Crippen LogP contribution is 2.30. The number of methoxy groups -OCH3 is 3. The van der Waals surface area contributed by atoms with E-state index in [1.165, 1.54) is 7.11 Å². The van der Waals surface area contributed by atoms with Gasteiger partial charge in [-0.1, -0.05) is 6.07 Å². The summed E-state index contributed by atoms with van der Waals surface area (Å²) in [4.78, 5) is 24.1. The summed E-state index contributed by atoms with van der Waals surface area (Å²) in [5, 5.41) is 14.3. The Bertz CT molecular complexity index is 1170. The van der Waals surface area contributed by atoms with E-state index in [0.29, 0.717) is 34.6 Å². The van der Waals surface area contributed by atoms with Crippen molar-refractivity contribution in [1.82, 2.24) is 5.32 Å². The van der Waals surface area contributed by atoms with E-state index >= 15 is 0 Å². The first-order valence-corrected chi connectivity index (χ1v) is 9.65. The molecule has 0 aliphatic carbocycles. The summed E-state index contributed by atoms with van der Waals surface area (Å²) < 4.78 is 20.7. The van der Waals surface area contributed by atoms with Crippen LogP contribution in [0, 0.1) is 6.92 Å². The molecule has 0 spiro atoms. The van der Waals surface area contributed by atoms with Crippen molar-refractivity contribution in [3.05, 3.63) is 63.0 Å². The molecule has 0 unspecified atom stereocenters. The SMILES string of the molecule is COC(=O)Cc1c(C)c2ccc(O)c(CNCc3ccc(OC)c(OC)c3)c2oc1=O.[Cl-]. The third-order valence-electron chi connectivity index (χ3n) is 5.16. The fourth-order valence-electron chi connectivity index (χ4n) is 3.41. The number of hydrogen-bond acceptors (Lipinski definition) is 8. The second-order valence-corrected chi connectivity index (χ2v) is 6.98. The van der Waals surface area contributed by atoms with Crippen LogP contribution in [0.25, 0.3) is 11.0 Å². The molecule has 0 radical (unpaired) electrons. The maximum Gasteiger partial charge on any atom is 0.340 e. The van der Waals surface area contributed by atoms with Gasteiger partial charge in [0, 0.05) is 18.5 Å². The molecular weight excluding hydrogens is 438 g/mol. The molecule has 9 heteroatoms. The Kier molecular flexibility index (Phi) is 8.51. The third-order valence-corrected chi connectivity index (χ3v) is 5.16. The number of halogens is 1. The van der Waals surface area contributed by atoms with Crippen LogP contribution in [0.5, 0.6) is 17.2 Å². The number of nitrogens with one attached hydrogen (secondary N) is 1. The number of esters is 1. The van der Waals surface area contributed by atoms with E-state index in [4.69, 9.17) is 13.9 Å². The predicted molar refractivity (Wildman–Crippen MR) is 115 cm³/mol. The van der Waals surface area contributed by atoms with Gasteiger partial charge in [0.05, 0.1) is 38.9 Å². The summed E-state index contributed by atoms with van der Waals surface area (Å²) in [6.07, 6.45) is -0.172. The Morgan fingerprint density at radius 2 is 1.75 bits per heavy atom. The lowest BCUT2D eigenvalue weighted by atomic mass is 10.0. The van der Waals surface area contributed by atoms with Crippen LogP contribution in [0.3, 0.4) is 0 Å². The number of aromatic hydroxyl groups is 1. The Hall–Kier alpha value is -3.23. The van der Waals surface area contributed by atoms with Gasteiger partial charge in [-0.25, -0.2) is 4.79 Å². The average molecular weight is 463 g/mol. The summed E-state index contributed by atoms with van der Waals surface area (Å²) in [7, 11) is 4.41. The number of carbonyl (C=O) groups excluding carboxylic acids is 1. The minimum Gasteiger partial charge on any atom is -1.00 e. The summed E-state index contributed by atoms with van der Waals surface area (Å²) in [5.74, 6) is 0.744. The van der Waals surface area contributed by atoms with Gasteiger partial charge in [0.2, 0.25) is 0 Å². The van der Waals surface area contributed by atoms with Crippen LogP contribution in [0.4, 0.5) is 0 Å². The standard InChI is InChI=1S/C23H25NO7.ClH/c1-13-15-6-7-18(25)17(22(15)31-23(27)16(13)10-21(26)30-4)12-24-11-14-5-8-19(28-2)20(9-14)29-3;/h5-9,24-25H,10-12H2,1-4H3;1H/p-1. The van der Waals surface area contributed by atoms with Crippen LogP contribution in [-0.2, 0) is 29.0 Å². The Morgan fingerprint density at radius 3 is 2.41 bits per heavy atom. The second kappa shape index (κ2) is 10.9. The molecule has 0 saturated heterocycles. The van der Waals surface area contributed by atoms with E-state index in [2.05, 4.69) is 10.1 Å². The number of rotatable bonds is 8. The highest BCUT2D eigenvalue weighted by molar-refractivity contribution is 5.87. The van der Waals surface area contributed by atoms with Gasteiger partial charge in [-0.2, -0.15) is 0 Å². The molecule has 3 rings (SSSR count). The predicted octanol–water partition coefficient (Wildman–Crippen LogP) is -0.166. The quantitative estimate of drug-likeness (QED) is 0.351. The van der Waals surface area contributed by atoms with Gasteiger partial charge in [-0.3, -0.25) is 4.79 Å². The molecule has 0 fully saturated rings. The zero-order valence-electron chi connectivity index (χ0n) is 18.3. The molecule has 172 valence electrons. The molecule has 0 atom stereocenters. The smallest absolute Gasteiger partial charge is 0.340 e. The summed E-state index contributed by atoms with van der Waals surface area (Å²) >= 11 is 0. The summed E-state index contributed by atoms with van der Waals surface area (Å²) in [6.45, 7) is 2.49. The average Bonchev–Trinajstić information content (AvgIpc) is 2.77. The molecular formula is C23H25ClNO7-. The summed E-state index contributed by atoms with van der Waals surface area (Å²) in [6, 6.07) is 8.79. The van der Waals surface area contributed by atoms with E-state index in [-0.39, 0.29) is 42.3 Å². The van der Waals surface area contributed by atoms with E-state index in [0.717, 1.165) is 5.56 Å². The van der Waals surface area contributed by atoms with Gasteiger partial charge in [-0.05, 0) is 42.3 Å². The monoisotopic (exact) mass is 462 g/mol. The van der Waals surface area contributed by atoms with Gasteiger partial charge in [0.1, 0.15) is 11.3 Å². The van der Waals surface area contributed by atoms with Crippen LogP contribution in [0.2, 0.25) is 0 Å². The maximum atomic E-state index is 12.5. The van der Waals surface area contributed by atoms with Crippen LogP contribution < -0.4 is 32.8 Å². The van der Waals surface area contributed by atoms with Gasteiger partial charge in [0.25, 0.3) is 0 Å². The molecule has 2 aromatic carbocycles. The fraction of sp³-hybridized carbons (Fsp3) is 0.304. The first-order chi connectivity index (χ1) is 14.9. The number of benzene rings is 2. The van der Waals surface area contributed by atoms with Crippen LogP contribution in [0.15, 0.2) is 39.5 Å². The maximum absolute atomic E-state index is 12.5. The second-order valence-electron chi connectivity index (χ2n) is 6.98. The van der Waals surface area contributed by atoms with E-state index < -0.39 is 11.6 Å². The van der Waals surface area contributed by atoms with Crippen molar-refractivity contribution in [3.63, 3.8) is 0 Å². The molecule has 1 heterocycles. The zero-order chi connectivity index (χ0) is 22.5. The normalized spacial score (nSPS) is 10.5. The number of aryl methyl sites for hydroxylation is 1. The van der Waals surface area contributed by atoms with Crippen LogP contribution in [-0.4, -0.2) is 32.4 Å². The Labute approximate surface area is 191 Å². The molecule has 8 nitrogen and oxygen atoms in total. The van der Waals surface area contributed by atoms with Gasteiger partial charge < -0.3 is 41.5 Å². The zero-order valence-corrected chi connectivity index (χ0v) is 19.0. The van der Waals surface area contributed by atoms with Crippen molar-refractivity contribution >= 4 is 16.9 Å². The lowest BCUT2D eigenvalue weighted by molar-refractivity contribution is -0.139. The molecule has 32 heavy (non-hydrogen) atoms. The summed E-state index contributed by atoms with van der Waals surface area (Å²) in [5.41, 5.74) is 1.95. The molecule has 3 aromatic rings. The number of ether oxygens (including phenoxy) is 3. The lowest BCUT2D eigenvalue weighted by Crippen LogP contribution is -3.00. The van der Waals surface area contributed by atoms with Crippen molar-refractivity contribution in [2.24, 2.45) is 0 Å². The number of phenolic OH excluding ortho intramolecular Hbond substituents is 1.